The number of benzene rings is 2. The van der Waals surface area contributed by atoms with Gasteiger partial charge in [0.2, 0.25) is 5.75 Å². The fourth-order valence-electron chi connectivity index (χ4n) is 1.88. The van der Waals surface area contributed by atoms with Crippen LogP contribution >= 0.6 is 11.6 Å². The first-order valence-electron chi connectivity index (χ1n) is 7.14. The molecule has 1 amide bonds. The van der Waals surface area contributed by atoms with Gasteiger partial charge in [0.15, 0.2) is 6.61 Å². The van der Waals surface area contributed by atoms with Crippen LogP contribution in [0.1, 0.15) is 5.56 Å². The van der Waals surface area contributed by atoms with Crippen molar-refractivity contribution in [3.05, 3.63) is 67.2 Å². The zero-order valence-electron chi connectivity index (χ0n) is 13.4. The SMILES string of the molecule is O=C(COc1cccc(Cl)c1)N/N=C/c1cc([N+](=O)[O-])cc([N+](=O)[O-])c1O. The molecule has 0 aromatic heterocycles. The molecule has 27 heavy (non-hydrogen) atoms. The molecule has 0 radical (unpaired) electrons. The van der Waals surface area contributed by atoms with E-state index < -0.39 is 39.5 Å². The van der Waals surface area contributed by atoms with Gasteiger partial charge >= 0.3 is 5.69 Å². The van der Waals surface area contributed by atoms with Gasteiger partial charge in [0.05, 0.1) is 27.7 Å². The summed E-state index contributed by atoms with van der Waals surface area (Å²) in [5.41, 5.74) is 0.275. The molecule has 0 saturated heterocycles. The Balaban J connectivity index is 2.05. The van der Waals surface area contributed by atoms with Crippen LogP contribution in [0.5, 0.6) is 11.5 Å². The number of nitro groups is 2. The van der Waals surface area contributed by atoms with Crippen LogP contribution in [0.3, 0.4) is 0 Å². The van der Waals surface area contributed by atoms with Gasteiger partial charge < -0.3 is 9.84 Å². The van der Waals surface area contributed by atoms with Crippen molar-refractivity contribution in [2.75, 3.05) is 6.61 Å². The fourth-order valence-corrected chi connectivity index (χ4v) is 2.06. The molecule has 140 valence electrons. The van der Waals surface area contributed by atoms with Crippen molar-refractivity contribution in [1.82, 2.24) is 5.43 Å². The minimum absolute atomic E-state index is 0.313. The van der Waals surface area contributed by atoms with E-state index in [0.717, 1.165) is 12.3 Å². The van der Waals surface area contributed by atoms with Gasteiger partial charge in [-0.1, -0.05) is 17.7 Å². The maximum Gasteiger partial charge on any atom is 0.318 e. The monoisotopic (exact) mass is 394 g/mol. The molecule has 0 aliphatic rings. The predicted molar refractivity (Wildman–Crippen MR) is 94.1 cm³/mol. The number of amides is 1. The summed E-state index contributed by atoms with van der Waals surface area (Å²) in [5, 5.41) is 35.4. The summed E-state index contributed by atoms with van der Waals surface area (Å²) in [6.07, 6.45) is 0.840. The summed E-state index contributed by atoms with van der Waals surface area (Å²) in [4.78, 5) is 31.5. The van der Waals surface area contributed by atoms with Crippen LogP contribution in [-0.2, 0) is 4.79 Å². The zero-order chi connectivity index (χ0) is 20.0. The first-order chi connectivity index (χ1) is 12.8. The van der Waals surface area contributed by atoms with Gasteiger partial charge in [0, 0.05) is 11.1 Å². The van der Waals surface area contributed by atoms with Crippen LogP contribution in [0.2, 0.25) is 5.02 Å². The lowest BCUT2D eigenvalue weighted by Gasteiger charge is -2.05. The second-order valence-electron chi connectivity index (χ2n) is 4.96. The standard InChI is InChI=1S/C15H11ClN4O7/c16-10-2-1-3-12(5-10)27-8-14(21)18-17-7-9-4-11(19(23)24)6-13(15(9)22)20(25)26/h1-7,22H,8H2,(H,18,21)/b17-7+. The molecule has 0 saturated carbocycles. The number of carbonyl (C=O) groups is 1. The minimum Gasteiger partial charge on any atom is -0.502 e. The lowest BCUT2D eigenvalue weighted by molar-refractivity contribution is -0.394. The molecule has 11 nitrogen and oxygen atoms in total. The van der Waals surface area contributed by atoms with E-state index >= 15 is 0 Å². The molecule has 0 unspecified atom stereocenters. The number of halogens is 1. The van der Waals surface area contributed by atoms with Crippen LogP contribution in [0.4, 0.5) is 11.4 Å². The number of phenolic OH excluding ortho intramolecular Hbond substituents is 1. The molecule has 0 bridgehead atoms. The summed E-state index contributed by atoms with van der Waals surface area (Å²) in [7, 11) is 0. The van der Waals surface area contributed by atoms with Crippen LogP contribution in [0.15, 0.2) is 41.5 Å². The van der Waals surface area contributed by atoms with Crippen molar-refractivity contribution in [2.45, 2.75) is 0 Å². The third-order valence-corrected chi connectivity index (χ3v) is 3.31. The number of ether oxygens (including phenoxy) is 1. The number of hydrogen-bond donors (Lipinski definition) is 2. The predicted octanol–water partition coefficient (Wildman–Crippen LogP) is 2.39. The average Bonchev–Trinajstić information content (AvgIpc) is 2.61. The Morgan fingerprint density at radius 3 is 2.63 bits per heavy atom. The van der Waals surface area contributed by atoms with Crippen LogP contribution in [-0.4, -0.2) is 33.7 Å². The van der Waals surface area contributed by atoms with Crippen LogP contribution in [0, 0.1) is 20.2 Å². The summed E-state index contributed by atoms with van der Waals surface area (Å²) in [5.74, 6) is -1.14. The number of phenols is 1. The van der Waals surface area contributed by atoms with Crippen LogP contribution < -0.4 is 10.2 Å². The molecule has 0 aliphatic carbocycles. The number of rotatable bonds is 7. The van der Waals surface area contributed by atoms with E-state index in [2.05, 4.69) is 10.5 Å². The lowest BCUT2D eigenvalue weighted by atomic mass is 10.1. The van der Waals surface area contributed by atoms with E-state index in [1.807, 2.05) is 0 Å². The molecule has 2 N–H and O–H groups in total. The molecule has 0 spiro atoms. The molecule has 0 atom stereocenters. The molecule has 0 heterocycles. The number of aromatic hydroxyl groups is 1. The molecule has 2 aromatic carbocycles. The quantitative estimate of drug-likeness (QED) is 0.414. The fraction of sp³-hybridized carbons (Fsp3) is 0.0667. The Bertz CT molecular complexity index is 932. The summed E-state index contributed by atoms with van der Waals surface area (Å²) < 4.78 is 5.18. The van der Waals surface area contributed by atoms with E-state index in [-0.39, 0.29) is 5.56 Å². The Labute approximate surface area is 156 Å². The van der Waals surface area contributed by atoms with Crippen molar-refractivity contribution < 1.29 is 24.5 Å². The Morgan fingerprint density at radius 1 is 1.26 bits per heavy atom. The lowest BCUT2D eigenvalue weighted by Crippen LogP contribution is -2.24. The maximum atomic E-state index is 11.7. The van der Waals surface area contributed by atoms with Gasteiger partial charge in [0.25, 0.3) is 11.6 Å². The van der Waals surface area contributed by atoms with Crippen molar-refractivity contribution in [3.63, 3.8) is 0 Å². The molecular formula is C15H11ClN4O7. The summed E-state index contributed by atoms with van der Waals surface area (Å²) >= 11 is 5.77. The smallest absolute Gasteiger partial charge is 0.318 e. The van der Waals surface area contributed by atoms with E-state index in [9.17, 15) is 30.1 Å². The molecule has 2 rings (SSSR count). The summed E-state index contributed by atoms with van der Waals surface area (Å²) in [6.45, 7) is -0.404. The molecule has 0 fully saturated rings. The number of hydrazone groups is 1. The minimum atomic E-state index is -0.975. The van der Waals surface area contributed by atoms with Crippen molar-refractivity contribution >= 4 is 35.1 Å². The van der Waals surface area contributed by atoms with Gasteiger partial charge in [-0.15, -0.1) is 0 Å². The molecule has 0 aliphatic heterocycles. The second-order valence-corrected chi connectivity index (χ2v) is 5.39. The first-order valence-corrected chi connectivity index (χ1v) is 7.52. The summed E-state index contributed by atoms with van der Waals surface area (Å²) in [6, 6.07) is 7.83. The Kier molecular flexibility index (Phi) is 6.23. The van der Waals surface area contributed by atoms with Gasteiger partial charge in [-0.2, -0.15) is 5.10 Å². The van der Waals surface area contributed by atoms with Crippen molar-refractivity contribution in [2.24, 2.45) is 5.10 Å². The molecule has 2 aromatic rings. The van der Waals surface area contributed by atoms with E-state index in [4.69, 9.17) is 16.3 Å². The highest BCUT2D eigenvalue weighted by Crippen LogP contribution is 2.33. The molecular weight excluding hydrogens is 384 g/mol. The first kappa shape index (κ1) is 19.6. The average molecular weight is 395 g/mol. The number of nitrogens with zero attached hydrogens (tertiary/aromatic N) is 3. The highest BCUT2D eigenvalue weighted by molar-refractivity contribution is 6.30. The largest absolute Gasteiger partial charge is 0.502 e. The number of carbonyl (C=O) groups excluding carboxylic acids is 1. The normalized spacial score (nSPS) is 10.6. The van der Waals surface area contributed by atoms with E-state index in [0.29, 0.717) is 16.8 Å². The number of nitro benzene ring substituents is 2. The van der Waals surface area contributed by atoms with Crippen molar-refractivity contribution in [3.8, 4) is 11.5 Å². The zero-order valence-corrected chi connectivity index (χ0v) is 14.1. The molecule has 12 heteroatoms. The van der Waals surface area contributed by atoms with E-state index in [1.54, 1.807) is 18.2 Å². The third kappa shape index (κ3) is 5.37. The highest BCUT2D eigenvalue weighted by Gasteiger charge is 2.23. The third-order valence-electron chi connectivity index (χ3n) is 3.07. The Hall–Kier alpha value is -3.73. The van der Waals surface area contributed by atoms with Crippen LogP contribution in [0.25, 0.3) is 0 Å². The van der Waals surface area contributed by atoms with Crippen molar-refractivity contribution in [1.29, 1.82) is 0 Å². The number of nitrogens with one attached hydrogen (secondary N) is 1. The highest BCUT2D eigenvalue weighted by atomic mass is 35.5. The Morgan fingerprint density at radius 2 is 2.00 bits per heavy atom. The topological polar surface area (TPSA) is 157 Å². The van der Waals surface area contributed by atoms with Gasteiger partial charge in [0.1, 0.15) is 5.75 Å². The maximum absolute atomic E-state index is 11.7. The number of hydrogen-bond acceptors (Lipinski definition) is 8. The second kappa shape index (κ2) is 8.58. The van der Waals surface area contributed by atoms with Gasteiger partial charge in [-0.25, -0.2) is 5.43 Å². The van der Waals surface area contributed by atoms with Gasteiger partial charge in [-0.3, -0.25) is 25.0 Å². The number of non-ortho nitro benzene ring substituents is 1. The van der Waals surface area contributed by atoms with E-state index in [1.165, 1.54) is 6.07 Å². The van der Waals surface area contributed by atoms with Gasteiger partial charge in [-0.05, 0) is 18.2 Å².